The SMILES string of the molecule is CCCOc1ccc(Nc2c(C)cccc2C(N)=S)cc1. The summed E-state index contributed by atoms with van der Waals surface area (Å²) in [6.45, 7) is 4.85. The fourth-order valence-corrected chi connectivity index (χ4v) is 2.21. The Kier molecular flexibility index (Phi) is 5.17. The van der Waals surface area contributed by atoms with Crippen LogP contribution in [-0.4, -0.2) is 11.6 Å². The minimum atomic E-state index is 0.393. The Balaban J connectivity index is 2.20. The van der Waals surface area contributed by atoms with Gasteiger partial charge in [0.2, 0.25) is 0 Å². The zero-order valence-corrected chi connectivity index (χ0v) is 13.2. The Labute approximate surface area is 131 Å². The van der Waals surface area contributed by atoms with E-state index in [2.05, 4.69) is 12.2 Å². The standard InChI is InChI=1S/C17H20N2OS/c1-3-11-20-14-9-7-13(8-10-14)19-16-12(2)5-4-6-15(16)17(18)21/h4-10,19H,3,11H2,1-2H3,(H2,18,21). The molecular weight excluding hydrogens is 280 g/mol. The van der Waals surface area contributed by atoms with Crippen molar-refractivity contribution in [2.24, 2.45) is 5.73 Å². The lowest BCUT2D eigenvalue weighted by atomic mass is 10.1. The highest BCUT2D eigenvalue weighted by atomic mass is 32.1. The van der Waals surface area contributed by atoms with Gasteiger partial charge < -0.3 is 15.8 Å². The maximum atomic E-state index is 5.79. The predicted octanol–water partition coefficient (Wildman–Crippen LogP) is 4.16. The van der Waals surface area contributed by atoms with Crippen LogP contribution in [0, 0.1) is 6.92 Å². The molecule has 4 heteroatoms. The summed E-state index contributed by atoms with van der Waals surface area (Å²) in [6, 6.07) is 13.8. The number of benzene rings is 2. The first-order chi connectivity index (χ1) is 10.1. The fraction of sp³-hybridized carbons (Fsp3) is 0.235. The molecule has 0 saturated carbocycles. The molecule has 2 aromatic rings. The van der Waals surface area contributed by atoms with Crippen LogP contribution in [0.4, 0.5) is 11.4 Å². The summed E-state index contributed by atoms with van der Waals surface area (Å²) < 4.78 is 5.58. The average Bonchev–Trinajstić information content (AvgIpc) is 2.48. The highest BCUT2D eigenvalue weighted by Gasteiger charge is 2.08. The van der Waals surface area contributed by atoms with Crippen LogP contribution < -0.4 is 15.8 Å². The molecule has 2 aromatic carbocycles. The van der Waals surface area contributed by atoms with E-state index >= 15 is 0 Å². The Morgan fingerprint density at radius 2 is 1.90 bits per heavy atom. The third-order valence-corrected chi connectivity index (χ3v) is 3.35. The molecular formula is C17H20N2OS. The van der Waals surface area contributed by atoms with Crippen LogP contribution in [0.3, 0.4) is 0 Å². The van der Waals surface area contributed by atoms with Crippen molar-refractivity contribution >= 4 is 28.6 Å². The molecule has 21 heavy (non-hydrogen) atoms. The minimum Gasteiger partial charge on any atom is -0.494 e. The predicted molar refractivity (Wildman–Crippen MR) is 92.6 cm³/mol. The second-order valence-corrected chi connectivity index (χ2v) is 5.30. The molecule has 2 rings (SSSR count). The van der Waals surface area contributed by atoms with Crippen molar-refractivity contribution in [3.63, 3.8) is 0 Å². The largest absolute Gasteiger partial charge is 0.494 e. The van der Waals surface area contributed by atoms with E-state index in [0.29, 0.717) is 4.99 Å². The van der Waals surface area contributed by atoms with E-state index in [9.17, 15) is 0 Å². The second-order valence-electron chi connectivity index (χ2n) is 4.86. The fourth-order valence-electron chi connectivity index (χ4n) is 2.04. The van der Waals surface area contributed by atoms with Gasteiger partial charge in [-0.15, -0.1) is 0 Å². The van der Waals surface area contributed by atoms with E-state index in [0.717, 1.165) is 41.3 Å². The molecule has 0 aromatic heterocycles. The lowest BCUT2D eigenvalue weighted by Gasteiger charge is -2.14. The Hall–Kier alpha value is -2.07. The van der Waals surface area contributed by atoms with Crippen molar-refractivity contribution in [2.75, 3.05) is 11.9 Å². The molecule has 0 fully saturated rings. The van der Waals surface area contributed by atoms with Gasteiger partial charge >= 0.3 is 0 Å². The molecule has 0 amide bonds. The van der Waals surface area contributed by atoms with Crippen LogP contribution in [0.5, 0.6) is 5.75 Å². The van der Waals surface area contributed by atoms with Gasteiger partial charge in [0.25, 0.3) is 0 Å². The van der Waals surface area contributed by atoms with E-state index in [1.807, 2.05) is 49.4 Å². The van der Waals surface area contributed by atoms with Crippen LogP contribution in [0.25, 0.3) is 0 Å². The smallest absolute Gasteiger partial charge is 0.119 e. The number of anilines is 2. The van der Waals surface area contributed by atoms with Gasteiger partial charge in [0.1, 0.15) is 10.7 Å². The summed E-state index contributed by atoms with van der Waals surface area (Å²) in [6.07, 6.45) is 1.00. The maximum absolute atomic E-state index is 5.79. The van der Waals surface area contributed by atoms with Gasteiger partial charge in [0.05, 0.1) is 12.3 Å². The Morgan fingerprint density at radius 3 is 2.52 bits per heavy atom. The van der Waals surface area contributed by atoms with Crippen LogP contribution in [-0.2, 0) is 0 Å². The molecule has 0 aliphatic rings. The number of para-hydroxylation sites is 1. The van der Waals surface area contributed by atoms with Crippen LogP contribution in [0.1, 0.15) is 24.5 Å². The second kappa shape index (κ2) is 7.09. The Bertz CT molecular complexity index is 623. The lowest BCUT2D eigenvalue weighted by Crippen LogP contribution is -2.12. The topological polar surface area (TPSA) is 47.3 Å². The van der Waals surface area contributed by atoms with Crippen LogP contribution in [0.2, 0.25) is 0 Å². The molecule has 110 valence electrons. The van der Waals surface area contributed by atoms with Gasteiger partial charge in [-0.2, -0.15) is 0 Å². The van der Waals surface area contributed by atoms with Crippen molar-refractivity contribution in [3.05, 3.63) is 53.6 Å². The van der Waals surface area contributed by atoms with Crippen molar-refractivity contribution in [3.8, 4) is 5.75 Å². The summed E-state index contributed by atoms with van der Waals surface area (Å²) >= 11 is 5.11. The van der Waals surface area contributed by atoms with Crippen molar-refractivity contribution in [2.45, 2.75) is 20.3 Å². The number of hydrogen-bond acceptors (Lipinski definition) is 3. The Morgan fingerprint density at radius 1 is 1.19 bits per heavy atom. The molecule has 0 bridgehead atoms. The van der Waals surface area contributed by atoms with E-state index in [1.54, 1.807) is 0 Å². The number of thiocarbonyl (C=S) groups is 1. The molecule has 3 N–H and O–H groups in total. The number of nitrogens with two attached hydrogens (primary N) is 1. The van der Waals surface area contributed by atoms with Gasteiger partial charge in [-0.1, -0.05) is 31.3 Å². The van der Waals surface area contributed by atoms with Crippen LogP contribution in [0.15, 0.2) is 42.5 Å². The van der Waals surface area contributed by atoms with Crippen molar-refractivity contribution in [1.29, 1.82) is 0 Å². The number of hydrogen-bond donors (Lipinski definition) is 2. The van der Waals surface area contributed by atoms with E-state index in [1.165, 1.54) is 0 Å². The number of rotatable bonds is 6. The molecule has 0 atom stereocenters. The highest BCUT2D eigenvalue weighted by molar-refractivity contribution is 7.80. The number of ether oxygens (including phenoxy) is 1. The zero-order chi connectivity index (χ0) is 15.2. The number of nitrogens with one attached hydrogen (secondary N) is 1. The third kappa shape index (κ3) is 3.95. The quantitative estimate of drug-likeness (QED) is 0.786. The van der Waals surface area contributed by atoms with E-state index < -0.39 is 0 Å². The lowest BCUT2D eigenvalue weighted by molar-refractivity contribution is 0.317. The summed E-state index contributed by atoms with van der Waals surface area (Å²) in [7, 11) is 0. The number of aryl methyl sites for hydroxylation is 1. The van der Waals surface area contributed by atoms with Gasteiger partial charge in [-0.05, 0) is 49.2 Å². The van der Waals surface area contributed by atoms with Gasteiger partial charge in [-0.25, -0.2) is 0 Å². The molecule has 0 spiro atoms. The average molecular weight is 300 g/mol. The highest BCUT2D eigenvalue weighted by Crippen LogP contribution is 2.26. The monoisotopic (exact) mass is 300 g/mol. The molecule has 0 aliphatic heterocycles. The summed E-state index contributed by atoms with van der Waals surface area (Å²) in [4.78, 5) is 0.393. The first-order valence-electron chi connectivity index (χ1n) is 7.01. The van der Waals surface area contributed by atoms with E-state index in [-0.39, 0.29) is 0 Å². The zero-order valence-electron chi connectivity index (χ0n) is 12.3. The van der Waals surface area contributed by atoms with Crippen molar-refractivity contribution in [1.82, 2.24) is 0 Å². The molecule has 0 radical (unpaired) electrons. The normalized spacial score (nSPS) is 10.2. The third-order valence-electron chi connectivity index (χ3n) is 3.13. The van der Waals surface area contributed by atoms with Gasteiger partial charge in [0, 0.05) is 11.3 Å². The summed E-state index contributed by atoms with van der Waals surface area (Å²) in [5, 5.41) is 3.38. The summed E-state index contributed by atoms with van der Waals surface area (Å²) in [5.41, 5.74) is 9.68. The maximum Gasteiger partial charge on any atom is 0.119 e. The first-order valence-corrected chi connectivity index (χ1v) is 7.42. The van der Waals surface area contributed by atoms with Crippen LogP contribution >= 0.6 is 12.2 Å². The molecule has 0 heterocycles. The molecule has 3 nitrogen and oxygen atoms in total. The van der Waals surface area contributed by atoms with E-state index in [4.69, 9.17) is 22.7 Å². The summed E-state index contributed by atoms with van der Waals surface area (Å²) in [5.74, 6) is 0.877. The molecule has 0 saturated heterocycles. The van der Waals surface area contributed by atoms with Crippen molar-refractivity contribution < 1.29 is 4.74 Å². The molecule has 0 aliphatic carbocycles. The molecule has 0 unspecified atom stereocenters. The first kappa shape index (κ1) is 15.3. The van der Waals surface area contributed by atoms with Gasteiger partial charge in [-0.3, -0.25) is 0 Å². The van der Waals surface area contributed by atoms with Gasteiger partial charge in [0.15, 0.2) is 0 Å². The minimum absolute atomic E-state index is 0.393.